The Morgan fingerprint density at radius 1 is 1.18 bits per heavy atom. The zero-order valence-electron chi connectivity index (χ0n) is 18.7. The van der Waals surface area contributed by atoms with Crippen LogP contribution < -0.4 is 5.32 Å². The molecule has 0 aliphatic carbocycles. The Morgan fingerprint density at radius 3 is 2.33 bits per heavy atom. The number of halogens is 4. The molecule has 1 saturated heterocycles. The Kier molecular flexibility index (Phi) is 9.39. The van der Waals surface area contributed by atoms with Gasteiger partial charge in [0.1, 0.15) is 6.04 Å². The molecule has 0 bridgehead atoms. The number of carbonyl (C=O) groups is 3. The number of piperidine rings is 1. The van der Waals surface area contributed by atoms with Gasteiger partial charge in [0.25, 0.3) is 5.91 Å². The second kappa shape index (κ2) is 11.6. The number of esters is 2. The highest BCUT2D eigenvalue weighted by molar-refractivity contribution is 6.33. The van der Waals surface area contributed by atoms with Gasteiger partial charge in [-0.15, -0.1) is 0 Å². The zero-order valence-corrected chi connectivity index (χ0v) is 19.5. The van der Waals surface area contributed by atoms with Crippen molar-refractivity contribution in [2.75, 3.05) is 31.6 Å². The zero-order chi connectivity index (χ0) is 24.8. The van der Waals surface area contributed by atoms with Crippen LogP contribution in [0.3, 0.4) is 0 Å². The Balaban J connectivity index is 1.92. The smallest absolute Gasteiger partial charge is 0.416 e. The van der Waals surface area contributed by atoms with Crippen molar-refractivity contribution >= 4 is 35.1 Å². The van der Waals surface area contributed by atoms with E-state index in [1.165, 1.54) is 4.90 Å². The lowest BCUT2D eigenvalue weighted by Gasteiger charge is -2.31. The molecule has 7 nitrogen and oxygen atoms in total. The SMILES string of the molecule is CCOC(=O)C1CCN(C(=O)COC(=O)C(Nc2ccc(C(F)(F)F)cc2Cl)C(C)C)CC1. The van der Waals surface area contributed by atoms with Crippen LogP contribution in [-0.4, -0.2) is 55.1 Å². The van der Waals surface area contributed by atoms with Crippen LogP contribution >= 0.6 is 11.6 Å². The summed E-state index contributed by atoms with van der Waals surface area (Å²) in [6.45, 7) is 5.71. The molecule has 1 fully saturated rings. The lowest BCUT2D eigenvalue weighted by molar-refractivity contribution is -0.155. The Labute approximate surface area is 195 Å². The molecule has 0 radical (unpaired) electrons. The first kappa shape index (κ1) is 26.8. The number of hydrogen-bond acceptors (Lipinski definition) is 6. The number of benzene rings is 1. The molecule has 1 atom stereocenters. The minimum atomic E-state index is -4.54. The maximum Gasteiger partial charge on any atom is 0.416 e. The van der Waals surface area contributed by atoms with Crippen molar-refractivity contribution in [2.45, 2.75) is 45.8 Å². The number of ether oxygens (including phenoxy) is 2. The third-order valence-corrected chi connectivity index (χ3v) is 5.65. The van der Waals surface area contributed by atoms with Crippen LogP contribution in [0, 0.1) is 11.8 Å². The minimum absolute atomic E-state index is 0.146. The summed E-state index contributed by atoms with van der Waals surface area (Å²) in [6, 6.07) is 1.85. The molecule has 0 aromatic heterocycles. The van der Waals surface area contributed by atoms with Gasteiger partial charge in [-0.25, -0.2) is 4.79 Å². The molecule has 0 spiro atoms. The molecule has 1 heterocycles. The molecule has 1 unspecified atom stereocenters. The van der Waals surface area contributed by atoms with Crippen LogP contribution in [0.25, 0.3) is 0 Å². The van der Waals surface area contributed by atoms with Crippen molar-refractivity contribution in [1.29, 1.82) is 0 Å². The molecule has 1 N–H and O–H groups in total. The Hall–Kier alpha value is -2.49. The summed E-state index contributed by atoms with van der Waals surface area (Å²) in [5.74, 6) is -1.94. The van der Waals surface area contributed by atoms with E-state index in [-0.39, 0.29) is 34.4 Å². The normalized spacial score (nSPS) is 15.8. The van der Waals surface area contributed by atoms with E-state index < -0.39 is 30.4 Å². The standard InChI is InChI=1S/C22H28ClF3N2O5/c1-4-32-20(30)14-7-9-28(10-8-14)18(29)12-33-21(31)19(13(2)3)27-17-6-5-15(11-16(17)23)22(24,25)26/h5-6,11,13-14,19,27H,4,7-10,12H2,1-3H3. The van der Waals surface area contributed by atoms with Gasteiger partial charge in [0.15, 0.2) is 6.61 Å². The van der Waals surface area contributed by atoms with E-state index in [2.05, 4.69) is 5.32 Å². The predicted octanol–water partition coefficient (Wildman–Crippen LogP) is 4.14. The summed E-state index contributed by atoms with van der Waals surface area (Å²) in [5.41, 5.74) is -0.758. The van der Waals surface area contributed by atoms with Gasteiger partial charge in [0, 0.05) is 13.1 Å². The van der Waals surface area contributed by atoms with E-state index in [1.807, 2.05) is 0 Å². The van der Waals surface area contributed by atoms with Gasteiger partial charge in [-0.1, -0.05) is 25.4 Å². The van der Waals surface area contributed by atoms with Crippen LogP contribution in [-0.2, 0) is 30.0 Å². The van der Waals surface area contributed by atoms with Crippen LogP contribution in [0.5, 0.6) is 0 Å². The summed E-state index contributed by atoms with van der Waals surface area (Å²) in [4.78, 5) is 38.3. The first-order chi connectivity index (χ1) is 15.4. The molecule has 1 aliphatic heterocycles. The van der Waals surface area contributed by atoms with Crippen LogP contribution in [0.1, 0.15) is 39.2 Å². The fraction of sp³-hybridized carbons (Fsp3) is 0.591. The first-order valence-electron chi connectivity index (χ1n) is 10.7. The van der Waals surface area contributed by atoms with Crippen molar-refractivity contribution in [3.05, 3.63) is 28.8 Å². The van der Waals surface area contributed by atoms with Crippen LogP contribution in [0.4, 0.5) is 18.9 Å². The van der Waals surface area contributed by atoms with E-state index in [9.17, 15) is 27.6 Å². The number of amides is 1. The van der Waals surface area contributed by atoms with Gasteiger partial charge in [-0.2, -0.15) is 13.2 Å². The van der Waals surface area contributed by atoms with Crippen LogP contribution in [0.15, 0.2) is 18.2 Å². The molecule has 184 valence electrons. The highest BCUT2D eigenvalue weighted by atomic mass is 35.5. The van der Waals surface area contributed by atoms with Gasteiger partial charge < -0.3 is 19.7 Å². The summed E-state index contributed by atoms with van der Waals surface area (Å²) < 4.78 is 48.7. The van der Waals surface area contributed by atoms with E-state index >= 15 is 0 Å². The maximum absolute atomic E-state index is 12.8. The minimum Gasteiger partial charge on any atom is -0.466 e. The first-order valence-corrected chi connectivity index (χ1v) is 11.1. The molecule has 11 heteroatoms. The van der Waals surface area contributed by atoms with Gasteiger partial charge in [-0.05, 0) is 43.9 Å². The van der Waals surface area contributed by atoms with E-state index in [0.29, 0.717) is 32.5 Å². The van der Waals surface area contributed by atoms with Gasteiger partial charge >= 0.3 is 18.1 Å². The predicted molar refractivity (Wildman–Crippen MR) is 116 cm³/mol. The quantitative estimate of drug-likeness (QED) is 0.549. The number of nitrogens with one attached hydrogen (secondary N) is 1. The van der Waals surface area contributed by atoms with Crippen molar-refractivity contribution < 1.29 is 37.0 Å². The molecule has 33 heavy (non-hydrogen) atoms. The maximum atomic E-state index is 12.8. The number of alkyl halides is 3. The molecule has 0 saturated carbocycles. The average Bonchev–Trinajstić information content (AvgIpc) is 2.75. The van der Waals surface area contributed by atoms with E-state index in [0.717, 1.165) is 18.2 Å². The lowest BCUT2D eigenvalue weighted by Crippen LogP contribution is -2.43. The van der Waals surface area contributed by atoms with Crippen molar-refractivity contribution in [1.82, 2.24) is 4.90 Å². The molecule has 1 aromatic rings. The highest BCUT2D eigenvalue weighted by Gasteiger charge is 2.32. The topological polar surface area (TPSA) is 84.9 Å². The Morgan fingerprint density at radius 2 is 1.82 bits per heavy atom. The van der Waals surface area contributed by atoms with Crippen molar-refractivity contribution in [2.24, 2.45) is 11.8 Å². The second-order valence-electron chi connectivity index (χ2n) is 8.07. The molecular formula is C22H28ClF3N2O5. The number of likely N-dealkylation sites (tertiary alicyclic amines) is 1. The Bertz CT molecular complexity index is 855. The molecule has 1 aliphatic rings. The monoisotopic (exact) mass is 492 g/mol. The number of carbonyl (C=O) groups excluding carboxylic acids is 3. The summed E-state index contributed by atoms with van der Waals surface area (Å²) in [5, 5.41) is 2.62. The van der Waals surface area contributed by atoms with Crippen molar-refractivity contribution in [3.8, 4) is 0 Å². The fourth-order valence-corrected chi connectivity index (χ4v) is 3.65. The second-order valence-corrected chi connectivity index (χ2v) is 8.48. The number of nitrogens with zero attached hydrogens (tertiary/aromatic N) is 1. The number of anilines is 1. The number of rotatable bonds is 8. The number of hydrogen-bond donors (Lipinski definition) is 1. The lowest BCUT2D eigenvalue weighted by atomic mass is 9.97. The van der Waals surface area contributed by atoms with E-state index in [1.54, 1.807) is 20.8 Å². The summed E-state index contributed by atoms with van der Waals surface area (Å²) >= 11 is 5.96. The van der Waals surface area contributed by atoms with Crippen LogP contribution in [0.2, 0.25) is 5.02 Å². The molecular weight excluding hydrogens is 465 g/mol. The van der Waals surface area contributed by atoms with Gasteiger partial charge in [-0.3, -0.25) is 9.59 Å². The summed E-state index contributed by atoms with van der Waals surface area (Å²) in [6.07, 6.45) is -3.59. The van der Waals surface area contributed by atoms with Gasteiger partial charge in [0.05, 0.1) is 28.8 Å². The molecule has 1 aromatic carbocycles. The van der Waals surface area contributed by atoms with Gasteiger partial charge in [0.2, 0.25) is 0 Å². The summed E-state index contributed by atoms with van der Waals surface area (Å²) in [7, 11) is 0. The highest BCUT2D eigenvalue weighted by Crippen LogP contribution is 2.34. The average molecular weight is 493 g/mol. The molecule has 1 amide bonds. The third-order valence-electron chi connectivity index (χ3n) is 5.33. The fourth-order valence-electron chi connectivity index (χ4n) is 3.41. The van der Waals surface area contributed by atoms with Crippen molar-refractivity contribution in [3.63, 3.8) is 0 Å². The molecule has 2 rings (SSSR count). The van der Waals surface area contributed by atoms with E-state index in [4.69, 9.17) is 21.1 Å². The third kappa shape index (κ3) is 7.52. The largest absolute Gasteiger partial charge is 0.466 e.